The first-order chi connectivity index (χ1) is 15.7. The van der Waals surface area contributed by atoms with Crippen LogP contribution in [0.1, 0.15) is 17.5 Å². The van der Waals surface area contributed by atoms with Gasteiger partial charge in [-0.2, -0.15) is 0 Å². The number of anilines is 1. The Kier molecular flexibility index (Phi) is 7.85. The lowest BCUT2D eigenvalue weighted by Gasteiger charge is -2.27. The predicted octanol–water partition coefficient (Wildman–Crippen LogP) is 2.85. The second kappa shape index (κ2) is 11.2. The van der Waals surface area contributed by atoms with E-state index >= 15 is 0 Å². The molecule has 2 heterocycles. The van der Waals surface area contributed by atoms with Crippen LogP contribution in [0, 0.1) is 5.92 Å². The summed E-state index contributed by atoms with van der Waals surface area (Å²) < 4.78 is 10.9. The van der Waals surface area contributed by atoms with Crippen LogP contribution in [0.4, 0.5) is 10.5 Å². The molecule has 1 unspecified atom stereocenters. The highest BCUT2D eigenvalue weighted by atomic mass is 16.5. The number of nitrogens with zero attached hydrogens (tertiary/aromatic N) is 2. The highest BCUT2D eigenvalue weighted by Crippen LogP contribution is 2.31. The minimum Gasteiger partial charge on any atom is -0.495 e. The first kappa shape index (κ1) is 22.4. The van der Waals surface area contributed by atoms with Gasteiger partial charge in [0, 0.05) is 45.8 Å². The SMILES string of the molecule is COc1ccccc1N1CCC(CNC(=O)NCc2ccccc2CN2CCOCC2)C1. The maximum Gasteiger partial charge on any atom is 0.315 e. The first-order valence-corrected chi connectivity index (χ1v) is 11.5. The molecule has 0 spiro atoms. The second-order valence-electron chi connectivity index (χ2n) is 8.49. The van der Waals surface area contributed by atoms with E-state index in [4.69, 9.17) is 9.47 Å². The molecule has 7 nitrogen and oxygen atoms in total. The normalized spacial score (nSPS) is 19.0. The van der Waals surface area contributed by atoms with E-state index in [0.717, 1.165) is 69.4 Å². The van der Waals surface area contributed by atoms with Gasteiger partial charge < -0.3 is 25.0 Å². The van der Waals surface area contributed by atoms with E-state index in [2.05, 4.69) is 44.7 Å². The molecule has 2 saturated heterocycles. The van der Waals surface area contributed by atoms with Crippen molar-refractivity contribution >= 4 is 11.7 Å². The van der Waals surface area contributed by atoms with Crippen LogP contribution in [0.5, 0.6) is 5.75 Å². The molecule has 2 aliphatic heterocycles. The van der Waals surface area contributed by atoms with Crippen molar-refractivity contribution in [1.82, 2.24) is 15.5 Å². The fourth-order valence-corrected chi connectivity index (χ4v) is 4.47. The van der Waals surface area contributed by atoms with E-state index in [0.29, 0.717) is 19.0 Å². The summed E-state index contributed by atoms with van der Waals surface area (Å²) in [6, 6.07) is 16.3. The number of methoxy groups -OCH3 is 1. The molecule has 2 aromatic carbocycles. The summed E-state index contributed by atoms with van der Waals surface area (Å²) in [5, 5.41) is 6.10. The molecule has 2 aliphatic rings. The van der Waals surface area contributed by atoms with Crippen LogP contribution in [0.3, 0.4) is 0 Å². The molecular formula is C25H34N4O3. The van der Waals surface area contributed by atoms with Gasteiger partial charge in [-0.05, 0) is 35.6 Å². The summed E-state index contributed by atoms with van der Waals surface area (Å²) in [7, 11) is 1.71. The number of carbonyl (C=O) groups excluding carboxylic acids is 1. The van der Waals surface area contributed by atoms with Crippen molar-refractivity contribution in [2.45, 2.75) is 19.5 Å². The topological polar surface area (TPSA) is 66.1 Å². The zero-order valence-corrected chi connectivity index (χ0v) is 18.9. The Morgan fingerprint density at radius 2 is 1.78 bits per heavy atom. The monoisotopic (exact) mass is 438 g/mol. The lowest BCUT2D eigenvalue weighted by Crippen LogP contribution is -2.39. The zero-order chi connectivity index (χ0) is 22.2. The minimum atomic E-state index is -0.109. The zero-order valence-electron chi connectivity index (χ0n) is 18.9. The molecule has 2 aromatic rings. The van der Waals surface area contributed by atoms with Crippen molar-refractivity contribution < 1.29 is 14.3 Å². The van der Waals surface area contributed by atoms with Crippen LogP contribution in [0.2, 0.25) is 0 Å². The van der Waals surface area contributed by atoms with E-state index in [-0.39, 0.29) is 6.03 Å². The average Bonchev–Trinajstić information content (AvgIpc) is 3.32. The smallest absolute Gasteiger partial charge is 0.315 e. The Balaban J connectivity index is 1.22. The summed E-state index contributed by atoms with van der Waals surface area (Å²) in [5.74, 6) is 1.33. The highest BCUT2D eigenvalue weighted by molar-refractivity contribution is 5.73. The summed E-state index contributed by atoms with van der Waals surface area (Å²) in [6.45, 7) is 7.48. The molecule has 2 amide bonds. The fourth-order valence-electron chi connectivity index (χ4n) is 4.47. The third kappa shape index (κ3) is 5.93. The van der Waals surface area contributed by atoms with Gasteiger partial charge in [-0.15, -0.1) is 0 Å². The predicted molar refractivity (Wildman–Crippen MR) is 126 cm³/mol. The number of hydrogen-bond acceptors (Lipinski definition) is 5. The number of urea groups is 1. The number of benzene rings is 2. The Morgan fingerprint density at radius 1 is 1.03 bits per heavy atom. The van der Waals surface area contributed by atoms with Crippen molar-refractivity contribution in [3.05, 3.63) is 59.7 Å². The van der Waals surface area contributed by atoms with Crippen LogP contribution in [0.25, 0.3) is 0 Å². The van der Waals surface area contributed by atoms with Crippen molar-refractivity contribution in [2.75, 3.05) is 57.9 Å². The summed E-state index contributed by atoms with van der Waals surface area (Å²) >= 11 is 0. The second-order valence-corrected chi connectivity index (χ2v) is 8.49. The Hall–Kier alpha value is -2.77. The van der Waals surface area contributed by atoms with Crippen molar-refractivity contribution in [3.63, 3.8) is 0 Å². The van der Waals surface area contributed by atoms with Crippen LogP contribution in [-0.2, 0) is 17.8 Å². The van der Waals surface area contributed by atoms with Gasteiger partial charge in [0.1, 0.15) is 5.75 Å². The molecule has 172 valence electrons. The van der Waals surface area contributed by atoms with Gasteiger partial charge in [-0.1, -0.05) is 36.4 Å². The molecule has 0 aromatic heterocycles. The molecular weight excluding hydrogens is 404 g/mol. The Labute approximate surface area is 190 Å². The van der Waals surface area contributed by atoms with Crippen molar-refractivity contribution in [1.29, 1.82) is 0 Å². The quantitative estimate of drug-likeness (QED) is 0.664. The maximum atomic E-state index is 12.4. The molecule has 2 N–H and O–H groups in total. The van der Waals surface area contributed by atoms with Crippen LogP contribution >= 0.6 is 0 Å². The Bertz CT molecular complexity index is 885. The van der Waals surface area contributed by atoms with Gasteiger partial charge in [0.15, 0.2) is 0 Å². The lowest BCUT2D eigenvalue weighted by molar-refractivity contribution is 0.0341. The van der Waals surface area contributed by atoms with Crippen molar-refractivity contribution in [2.24, 2.45) is 5.92 Å². The number of carbonyl (C=O) groups is 1. The molecule has 7 heteroatoms. The summed E-state index contributed by atoms with van der Waals surface area (Å²) in [4.78, 5) is 17.2. The summed E-state index contributed by atoms with van der Waals surface area (Å²) in [5.41, 5.74) is 3.55. The molecule has 0 bridgehead atoms. The Morgan fingerprint density at radius 3 is 2.59 bits per heavy atom. The number of amides is 2. The molecule has 1 atom stereocenters. The highest BCUT2D eigenvalue weighted by Gasteiger charge is 2.24. The third-order valence-corrected chi connectivity index (χ3v) is 6.32. The van der Waals surface area contributed by atoms with E-state index in [9.17, 15) is 4.79 Å². The van der Waals surface area contributed by atoms with Gasteiger partial charge in [-0.3, -0.25) is 4.90 Å². The minimum absolute atomic E-state index is 0.109. The standard InChI is InChI=1S/C25H34N4O3/c1-31-24-9-5-4-8-23(24)29-11-10-20(18-29)16-26-25(30)27-17-21-6-2-3-7-22(21)19-28-12-14-32-15-13-28/h2-9,20H,10-19H2,1H3,(H2,26,27,30). The largest absolute Gasteiger partial charge is 0.495 e. The molecule has 0 saturated carbocycles. The van der Waals surface area contributed by atoms with Crippen LogP contribution in [-0.4, -0.2) is 64.0 Å². The van der Waals surface area contributed by atoms with Gasteiger partial charge in [-0.25, -0.2) is 4.79 Å². The van der Waals surface area contributed by atoms with Crippen molar-refractivity contribution in [3.8, 4) is 5.75 Å². The van der Waals surface area contributed by atoms with Crippen LogP contribution < -0.4 is 20.3 Å². The molecule has 0 radical (unpaired) electrons. The molecule has 2 fully saturated rings. The van der Waals surface area contributed by atoms with E-state index in [1.54, 1.807) is 7.11 Å². The van der Waals surface area contributed by atoms with Gasteiger partial charge in [0.05, 0.1) is 26.0 Å². The number of hydrogen-bond donors (Lipinski definition) is 2. The van der Waals surface area contributed by atoms with E-state index in [1.165, 1.54) is 5.56 Å². The fraction of sp³-hybridized carbons (Fsp3) is 0.480. The van der Waals surface area contributed by atoms with E-state index in [1.807, 2.05) is 24.3 Å². The third-order valence-electron chi connectivity index (χ3n) is 6.32. The van der Waals surface area contributed by atoms with Crippen LogP contribution in [0.15, 0.2) is 48.5 Å². The number of rotatable bonds is 8. The average molecular weight is 439 g/mol. The lowest BCUT2D eigenvalue weighted by atomic mass is 10.1. The molecule has 32 heavy (non-hydrogen) atoms. The molecule has 0 aliphatic carbocycles. The van der Waals surface area contributed by atoms with Gasteiger partial charge in [0.2, 0.25) is 0 Å². The number of morpholine rings is 1. The maximum absolute atomic E-state index is 12.4. The number of nitrogens with one attached hydrogen (secondary N) is 2. The van der Waals surface area contributed by atoms with Gasteiger partial charge >= 0.3 is 6.03 Å². The first-order valence-electron chi connectivity index (χ1n) is 11.5. The molecule has 4 rings (SSSR count). The van der Waals surface area contributed by atoms with E-state index < -0.39 is 0 Å². The number of para-hydroxylation sites is 2. The van der Waals surface area contributed by atoms with Gasteiger partial charge in [0.25, 0.3) is 0 Å². The number of ether oxygens (including phenoxy) is 2. The summed E-state index contributed by atoms with van der Waals surface area (Å²) in [6.07, 6.45) is 1.06.